The second-order valence-electron chi connectivity index (χ2n) is 1.41. The van der Waals surface area contributed by atoms with E-state index in [4.69, 9.17) is 5.11 Å². The third-order valence-corrected chi connectivity index (χ3v) is 4.52. The molecule has 1 heterocycles. The zero-order valence-corrected chi connectivity index (χ0v) is 7.31. The zero-order valence-electron chi connectivity index (χ0n) is 4.02. The Hall–Kier alpha value is 0.370. The average Bonchev–Trinajstić information content (AvgIpc) is 1.86. The Bertz CT molecular complexity index is 79.8. The Kier molecular flexibility index (Phi) is 3.56. The second kappa shape index (κ2) is 3.38. The topological polar surface area (TPSA) is 51.7 Å². The van der Waals surface area contributed by atoms with E-state index in [0.717, 1.165) is 9.94 Å². The van der Waals surface area contributed by atoms with Crippen molar-refractivity contribution in [3.8, 4) is 0 Å². The van der Waals surface area contributed by atoms with Crippen LogP contribution in [0.15, 0.2) is 9.59 Å². The minimum absolute atomic E-state index is 0. The van der Waals surface area contributed by atoms with Gasteiger partial charge in [-0.2, -0.15) is 0 Å². The van der Waals surface area contributed by atoms with Crippen LogP contribution < -0.4 is 0 Å². The van der Waals surface area contributed by atoms with Gasteiger partial charge in [0.1, 0.15) is 0 Å². The van der Waals surface area contributed by atoms with Crippen molar-refractivity contribution in [3.63, 3.8) is 0 Å². The normalized spacial score (nSPS) is 16.9. The van der Waals surface area contributed by atoms with Gasteiger partial charge in [0.2, 0.25) is 0 Å². The van der Waals surface area contributed by atoms with Gasteiger partial charge in [-0.1, -0.05) is 0 Å². The zero-order chi connectivity index (χ0) is 4.41. The Balaban J connectivity index is 0.000000360. The van der Waals surface area contributed by atoms with Crippen LogP contribution in [0.1, 0.15) is 6.42 Å². The number of aliphatic hydroxyl groups excluding tert-OH is 1. The molecule has 1 aliphatic heterocycles. The molecule has 2 nitrogen and oxygen atoms in total. The third kappa shape index (κ3) is 2.24. The van der Waals surface area contributed by atoms with Crippen LogP contribution in [-0.4, -0.2) is 33.5 Å². The fourth-order valence-electron chi connectivity index (χ4n) is 0.546. The predicted molar refractivity (Wildman–Crippen MR) is 29.5 cm³/mol. The summed E-state index contributed by atoms with van der Waals surface area (Å²) < 4.78 is 2.10. The molecule has 0 unspecified atom stereocenters. The van der Waals surface area contributed by atoms with E-state index >= 15 is 0 Å². The van der Waals surface area contributed by atoms with E-state index in [1.165, 1.54) is 4.18 Å². The Labute approximate surface area is 53.9 Å². The molecule has 0 aromatic heterocycles. The van der Waals surface area contributed by atoms with Crippen LogP contribution in [0.2, 0.25) is 4.18 Å². The summed E-state index contributed by atoms with van der Waals surface area (Å²) >= 11 is -0.491. The van der Waals surface area contributed by atoms with Gasteiger partial charge in [0, 0.05) is 0 Å². The first-order valence-corrected chi connectivity index (χ1v) is 6.10. The molecule has 0 aliphatic carbocycles. The SMILES string of the molecule is O.O[C]1=CC[CH2][In]1. The Morgan fingerprint density at radius 1 is 1.71 bits per heavy atom. The van der Waals surface area contributed by atoms with E-state index in [9.17, 15) is 0 Å². The van der Waals surface area contributed by atoms with E-state index in [1.807, 2.05) is 6.08 Å². The number of rotatable bonds is 0. The van der Waals surface area contributed by atoms with E-state index in [2.05, 4.69) is 0 Å². The third-order valence-electron chi connectivity index (χ3n) is 0.874. The molecule has 3 heteroatoms. The van der Waals surface area contributed by atoms with E-state index in [0.29, 0.717) is 0 Å². The minimum atomic E-state index is -0.491. The van der Waals surface area contributed by atoms with Crippen molar-refractivity contribution in [3.05, 3.63) is 9.59 Å². The molecule has 0 aromatic rings. The van der Waals surface area contributed by atoms with Gasteiger partial charge in [0.25, 0.3) is 0 Å². The number of aliphatic hydroxyl groups is 1. The summed E-state index contributed by atoms with van der Waals surface area (Å²) in [7, 11) is 0. The molecular formula is C4H8InO2. The summed E-state index contributed by atoms with van der Waals surface area (Å²) in [4.78, 5) is 0. The van der Waals surface area contributed by atoms with Gasteiger partial charge in [-0.05, 0) is 0 Å². The molecule has 0 saturated heterocycles. The summed E-state index contributed by atoms with van der Waals surface area (Å²) in [6.45, 7) is 0. The molecule has 1 aliphatic rings. The van der Waals surface area contributed by atoms with Crippen LogP contribution in [0.4, 0.5) is 0 Å². The maximum absolute atomic E-state index is 8.67. The molecule has 3 N–H and O–H groups in total. The summed E-state index contributed by atoms with van der Waals surface area (Å²) in [6, 6.07) is 0. The van der Waals surface area contributed by atoms with Crippen molar-refractivity contribution in [1.29, 1.82) is 0 Å². The molecule has 1 radical (unpaired) electrons. The first-order valence-electron chi connectivity index (χ1n) is 2.12. The van der Waals surface area contributed by atoms with Crippen LogP contribution >= 0.6 is 0 Å². The first-order chi connectivity index (χ1) is 2.89. The average molecular weight is 203 g/mol. The van der Waals surface area contributed by atoms with Gasteiger partial charge < -0.3 is 5.48 Å². The van der Waals surface area contributed by atoms with Crippen molar-refractivity contribution in [2.24, 2.45) is 0 Å². The summed E-state index contributed by atoms with van der Waals surface area (Å²) in [6.07, 6.45) is 3.12. The van der Waals surface area contributed by atoms with Crippen molar-refractivity contribution in [2.75, 3.05) is 0 Å². The standard InChI is InChI=1S/C4H6O.In.H2O/c1-2-3-4-5;;/h3,5H,1-2H2;;1H2. The number of hydrogen-bond donors (Lipinski definition) is 1. The molecule has 0 bridgehead atoms. The van der Waals surface area contributed by atoms with Crippen molar-refractivity contribution >= 4 is 22.9 Å². The second-order valence-corrected chi connectivity index (χ2v) is 5.91. The molecule has 0 aromatic carbocycles. The van der Waals surface area contributed by atoms with Gasteiger partial charge in [-0.3, -0.25) is 0 Å². The van der Waals surface area contributed by atoms with Gasteiger partial charge in [0.05, 0.1) is 0 Å². The van der Waals surface area contributed by atoms with E-state index in [1.54, 1.807) is 0 Å². The summed E-state index contributed by atoms with van der Waals surface area (Å²) in [5.41, 5.74) is 0. The van der Waals surface area contributed by atoms with Gasteiger partial charge in [-0.15, -0.1) is 0 Å². The molecule has 0 spiro atoms. The summed E-state index contributed by atoms with van der Waals surface area (Å²) in [5.74, 6) is 0. The van der Waals surface area contributed by atoms with Crippen LogP contribution in [0.3, 0.4) is 0 Å². The Morgan fingerprint density at radius 2 is 2.43 bits per heavy atom. The van der Waals surface area contributed by atoms with Gasteiger partial charge >= 0.3 is 48.2 Å². The fraction of sp³-hybridized carbons (Fsp3) is 0.500. The summed E-state index contributed by atoms with van der Waals surface area (Å²) in [5, 5.41) is 8.67. The Morgan fingerprint density at radius 3 is 2.57 bits per heavy atom. The molecule has 7 heavy (non-hydrogen) atoms. The molecule has 0 fully saturated rings. The van der Waals surface area contributed by atoms with Crippen molar-refractivity contribution < 1.29 is 10.6 Å². The molecule has 0 saturated carbocycles. The van der Waals surface area contributed by atoms with Crippen LogP contribution in [0.5, 0.6) is 0 Å². The van der Waals surface area contributed by atoms with Crippen molar-refractivity contribution in [1.82, 2.24) is 0 Å². The maximum atomic E-state index is 8.67. The van der Waals surface area contributed by atoms with Gasteiger partial charge in [0.15, 0.2) is 0 Å². The molecule has 1 rings (SSSR count). The molecule has 39 valence electrons. The predicted octanol–water partition coefficient (Wildman–Crippen LogP) is 0.0873. The van der Waals surface area contributed by atoms with E-state index < -0.39 is 22.9 Å². The van der Waals surface area contributed by atoms with Crippen LogP contribution in [-0.2, 0) is 0 Å². The quantitative estimate of drug-likeness (QED) is 0.595. The van der Waals surface area contributed by atoms with Gasteiger partial charge in [-0.25, -0.2) is 0 Å². The first kappa shape index (κ1) is 7.37. The fourth-order valence-corrected chi connectivity index (χ4v) is 3.29. The van der Waals surface area contributed by atoms with Crippen LogP contribution in [0, 0.1) is 0 Å². The van der Waals surface area contributed by atoms with Crippen molar-refractivity contribution in [2.45, 2.75) is 10.6 Å². The molecule has 0 atom stereocenters. The monoisotopic (exact) mass is 203 g/mol. The number of allylic oxidation sites excluding steroid dienone is 1. The molecule has 0 amide bonds. The number of hydrogen-bond acceptors (Lipinski definition) is 1. The molecular weight excluding hydrogens is 195 g/mol. The van der Waals surface area contributed by atoms with E-state index in [-0.39, 0.29) is 5.48 Å². The van der Waals surface area contributed by atoms with Crippen LogP contribution in [0.25, 0.3) is 0 Å².